The molecule has 0 bridgehead atoms. The summed E-state index contributed by atoms with van der Waals surface area (Å²) >= 11 is 3.69. The second-order valence-corrected chi connectivity index (χ2v) is 6.26. The van der Waals surface area contributed by atoms with Crippen LogP contribution in [0.1, 0.15) is 24.0 Å². The molecule has 104 valence electrons. The number of benzene rings is 2. The van der Waals surface area contributed by atoms with E-state index in [1.165, 1.54) is 5.56 Å². The van der Waals surface area contributed by atoms with E-state index in [0.717, 1.165) is 30.8 Å². The summed E-state index contributed by atoms with van der Waals surface area (Å²) in [5, 5.41) is 0. The Morgan fingerprint density at radius 2 is 1.80 bits per heavy atom. The van der Waals surface area contributed by atoms with Crippen LogP contribution >= 0.6 is 15.9 Å². The van der Waals surface area contributed by atoms with Gasteiger partial charge in [0.25, 0.3) is 0 Å². The smallest absolute Gasteiger partial charge is 0.148 e. The van der Waals surface area contributed by atoms with E-state index in [-0.39, 0.29) is 4.51 Å². The fourth-order valence-corrected chi connectivity index (χ4v) is 3.08. The predicted octanol–water partition coefficient (Wildman–Crippen LogP) is 4.62. The maximum absolute atomic E-state index is 5.79. The molecule has 0 radical (unpaired) electrons. The number of hydrogen-bond donors (Lipinski definition) is 0. The first-order valence-corrected chi connectivity index (χ1v) is 7.66. The SMILES string of the molecule is BrC1(c2ccc(OCc3ccccc3)cc2)CCCO1. The van der Waals surface area contributed by atoms with Gasteiger partial charge in [0.05, 0.1) is 0 Å². The minimum Gasteiger partial charge on any atom is -0.489 e. The Morgan fingerprint density at radius 1 is 1.05 bits per heavy atom. The van der Waals surface area contributed by atoms with Crippen molar-refractivity contribution in [2.75, 3.05) is 6.61 Å². The van der Waals surface area contributed by atoms with E-state index in [1.807, 2.05) is 30.3 Å². The fourth-order valence-electron chi connectivity index (χ4n) is 2.37. The molecule has 3 heteroatoms. The molecule has 0 aromatic heterocycles. The quantitative estimate of drug-likeness (QED) is 0.760. The lowest BCUT2D eigenvalue weighted by molar-refractivity contribution is 0.0868. The third kappa shape index (κ3) is 3.05. The van der Waals surface area contributed by atoms with Crippen molar-refractivity contribution >= 4 is 15.9 Å². The lowest BCUT2D eigenvalue weighted by atomic mass is 10.1. The highest BCUT2D eigenvalue weighted by Crippen LogP contribution is 2.42. The van der Waals surface area contributed by atoms with Gasteiger partial charge in [-0.25, -0.2) is 0 Å². The van der Waals surface area contributed by atoms with Gasteiger partial charge in [-0.2, -0.15) is 0 Å². The van der Waals surface area contributed by atoms with Crippen LogP contribution in [0.25, 0.3) is 0 Å². The van der Waals surface area contributed by atoms with E-state index in [0.29, 0.717) is 6.61 Å². The van der Waals surface area contributed by atoms with Crippen LogP contribution in [0.4, 0.5) is 0 Å². The van der Waals surface area contributed by atoms with E-state index >= 15 is 0 Å². The molecular weight excluding hydrogens is 316 g/mol. The van der Waals surface area contributed by atoms with Gasteiger partial charge in [0.15, 0.2) is 0 Å². The highest BCUT2D eigenvalue weighted by Gasteiger charge is 2.33. The van der Waals surface area contributed by atoms with Gasteiger partial charge in [-0.05, 0) is 52.0 Å². The minimum absolute atomic E-state index is 0.301. The van der Waals surface area contributed by atoms with Gasteiger partial charge in [0.2, 0.25) is 0 Å². The van der Waals surface area contributed by atoms with Crippen molar-refractivity contribution in [2.24, 2.45) is 0 Å². The summed E-state index contributed by atoms with van der Waals surface area (Å²) in [6.45, 7) is 1.41. The van der Waals surface area contributed by atoms with Crippen molar-refractivity contribution in [1.82, 2.24) is 0 Å². The molecular formula is C17H17BrO2. The maximum Gasteiger partial charge on any atom is 0.148 e. The molecule has 3 rings (SSSR count). The van der Waals surface area contributed by atoms with Crippen LogP contribution in [0.5, 0.6) is 5.75 Å². The van der Waals surface area contributed by atoms with Gasteiger partial charge in [0.1, 0.15) is 16.9 Å². The molecule has 1 fully saturated rings. The van der Waals surface area contributed by atoms with E-state index in [2.05, 4.69) is 40.2 Å². The van der Waals surface area contributed by atoms with Crippen molar-refractivity contribution in [3.05, 3.63) is 65.7 Å². The second-order valence-electron chi connectivity index (χ2n) is 4.98. The van der Waals surface area contributed by atoms with Crippen LogP contribution in [0.15, 0.2) is 54.6 Å². The molecule has 2 aromatic carbocycles. The molecule has 2 nitrogen and oxygen atoms in total. The number of alkyl halides is 1. The molecule has 1 heterocycles. The number of hydrogen-bond acceptors (Lipinski definition) is 2. The third-order valence-corrected chi connectivity index (χ3v) is 4.59. The average Bonchev–Trinajstić information content (AvgIpc) is 2.95. The molecule has 1 saturated heterocycles. The summed E-state index contributed by atoms with van der Waals surface area (Å²) in [7, 11) is 0. The molecule has 1 aliphatic rings. The molecule has 0 amide bonds. The van der Waals surface area contributed by atoms with E-state index in [4.69, 9.17) is 9.47 Å². The van der Waals surface area contributed by atoms with Crippen LogP contribution in [-0.2, 0) is 15.9 Å². The molecule has 20 heavy (non-hydrogen) atoms. The summed E-state index contributed by atoms with van der Waals surface area (Å²) in [5.41, 5.74) is 2.33. The lowest BCUT2D eigenvalue weighted by Crippen LogP contribution is -2.15. The molecule has 2 aromatic rings. The van der Waals surface area contributed by atoms with E-state index in [9.17, 15) is 0 Å². The van der Waals surface area contributed by atoms with Crippen molar-refractivity contribution < 1.29 is 9.47 Å². The topological polar surface area (TPSA) is 18.5 Å². The Labute approximate surface area is 127 Å². The normalized spacial score (nSPS) is 21.9. The van der Waals surface area contributed by atoms with E-state index in [1.54, 1.807) is 0 Å². The standard InChI is InChI=1S/C17H17BrO2/c18-17(11-4-12-20-17)15-7-9-16(10-8-15)19-13-14-5-2-1-3-6-14/h1-3,5-10H,4,11-13H2. The summed E-state index contributed by atoms with van der Waals surface area (Å²) in [4.78, 5) is 0. The van der Waals surface area contributed by atoms with Crippen molar-refractivity contribution in [3.8, 4) is 5.75 Å². The minimum atomic E-state index is -0.301. The van der Waals surface area contributed by atoms with Crippen LogP contribution in [0.3, 0.4) is 0 Å². The molecule has 1 atom stereocenters. The van der Waals surface area contributed by atoms with Crippen LogP contribution in [0, 0.1) is 0 Å². The highest BCUT2D eigenvalue weighted by molar-refractivity contribution is 9.09. The molecule has 0 aliphatic carbocycles. The number of rotatable bonds is 4. The Kier molecular flexibility index (Phi) is 4.08. The van der Waals surface area contributed by atoms with Crippen LogP contribution in [-0.4, -0.2) is 6.61 Å². The molecule has 1 aliphatic heterocycles. The summed E-state index contributed by atoms with van der Waals surface area (Å²) < 4.78 is 11.3. The van der Waals surface area contributed by atoms with Gasteiger partial charge >= 0.3 is 0 Å². The molecule has 0 spiro atoms. The fraction of sp³-hybridized carbons (Fsp3) is 0.294. The summed E-state index contributed by atoms with van der Waals surface area (Å²) in [6, 6.07) is 18.3. The first-order chi connectivity index (χ1) is 9.76. The first kappa shape index (κ1) is 13.7. The molecule has 0 N–H and O–H groups in total. The van der Waals surface area contributed by atoms with E-state index < -0.39 is 0 Å². The van der Waals surface area contributed by atoms with Crippen LogP contribution in [0.2, 0.25) is 0 Å². The van der Waals surface area contributed by atoms with Crippen molar-refractivity contribution in [1.29, 1.82) is 0 Å². The third-order valence-electron chi connectivity index (χ3n) is 3.51. The Hall–Kier alpha value is -1.32. The first-order valence-electron chi connectivity index (χ1n) is 6.86. The van der Waals surface area contributed by atoms with Crippen molar-refractivity contribution in [3.63, 3.8) is 0 Å². The van der Waals surface area contributed by atoms with Crippen molar-refractivity contribution in [2.45, 2.75) is 24.0 Å². The van der Waals surface area contributed by atoms with Gasteiger partial charge in [0, 0.05) is 6.61 Å². The highest BCUT2D eigenvalue weighted by atomic mass is 79.9. The van der Waals surface area contributed by atoms with Gasteiger partial charge < -0.3 is 9.47 Å². The zero-order valence-corrected chi connectivity index (χ0v) is 12.8. The number of ether oxygens (including phenoxy) is 2. The monoisotopic (exact) mass is 332 g/mol. The van der Waals surface area contributed by atoms with Gasteiger partial charge in [-0.1, -0.05) is 42.5 Å². The number of halogens is 1. The zero-order chi connectivity index (χ0) is 13.8. The molecule has 1 unspecified atom stereocenters. The Morgan fingerprint density at radius 3 is 2.45 bits per heavy atom. The zero-order valence-electron chi connectivity index (χ0n) is 11.2. The predicted molar refractivity (Wildman–Crippen MR) is 83.0 cm³/mol. The largest absolute Gasteiger partial charge is 0.489 e. The van der Waals surface area contributed by atoms with Gasteiger partial charge in [-0.15, -0.1) is 0 Å². The average molecular weight is 333 g/mol. The maximum atomic E-state index is 5.79. The van der Waals surface area contributed by atoms with Gasteiger partial charge in [-0.3, -0.25) is 0 Å². The second kappa shape index (κ2) is 5.98. The Bertz CT molecular complexity index is 545. The molecule has 0 saturated carbocycles. The lowest BCUT2D eigenvalue weighted by Gasteiger charge is -2.21. The Balaban J connectivity index is 1.64. The summed E-state index contributed by atoms with van der Waals surface area (Å²) in [5.74, 6) is 0.881. The van der Waals surface area contributed by atoms with Crippen LogP contribution < -0.4 is 4.74 Å². The summed E-state index contributed by atoms with van der Waals surface area (Å²) in [6.07, 6.45) is 2.11.